The second-order valence-corrected chi connectivity index (χ2v) is 1.79. The summed E-state index contributed by atoms with van der Waals surface area (Å²) in [5, 5.41) is 0. The van der Waals surface area contributed by atoms with Crippen molar-refractivity contribution in [1.29, 1.82) is 0 Å². The van der Waals surface area contributed by atoms with E-state index in [9.17, 15) is 4.57 Å². The van der Waals surface area contributed by atoms with Gasteiger partial charge in [0.1, 0.15) is 0 Å². The Hall–Kier alpha value is 0.110. The third kappa shape index (κ3) is 4.11. The molecule has 0 spiro atoms. The molecule has 0 aromatic carbocycles. The largest absolute Gasteiger partial charge is 0.469 e. The van der Waals surface area contributed by atoms with Crippen LogP contribution in [0, 0.1) is 0 Å². The molecule has 0 atom stereocenters. The van der Waals surface area contributed by atoms with Crippen molar-refractivity contribution < 1.29 is 21.6 Å². The van der Waals surface area contributed by atoms with Crippen molar-refractivity contribution in [3.63, 3.8) is 0 Å². The Bertz CT molecular complexity index is 107. The SMILES string of the molecule is [2H]C([2H])OP(=O)(O)O. The number of hydrogen-bond donors (Lipinski definition) is 2. The highest BCUT2D eigenvalue weighted by Crippen LogP contribution is 2.33. The van der Waals surface area contributed by atoms with Gasteiger partial charge in [-0.15, -0.1) is 0 Å². The third-order valence-corrected chi connectivity index (χ3v) is 0.412. The van der Waals surface area contributed by atoms with Crippen LogP contribution in [0.25, 0.3) is 0 Å². The van der Waals surface area contributed by atoms with E-state index < -0.39 is 14.9 Å². The van der Waals surface area contributed by atoms with Crippen LogP contribution in [0.1, 0.15) is 2.74 Å². The predicted molar refractivity (Wildman–Crippen MR) is 19.1 cm³/mol. The van der Waals surface area contributed by atoms with Gasteiger partial charge in [0.25, 0.3) is 0 Å². The molecule has 0 saturated carbocycles. The summed E-state index contributed by atoms with van der Waals surface area (Å²) in [5.41, 5.74) is 0. The highest BCUT2D eigenvalue weighted by atomic mass is 31.2. The quantitative estimate of drug-likeness (QED) is 0.460. The van der Waals surface area contributed by atoms with Gasteiger partial charge in [-0.05, 0) is 0 Å². The van der Waals surface area contributed by atoms with Crippen LogP contribution in [0.2, 0.25) is 0 Å². The molecule has 0 unspecified atom stereocenters. The van der Waals surface area contributed by atoms with E-state index >= 15 is 0 Å². The zero-order valence-corrected chi connectivity index (χ0v) is 3.63. The Morgan fingerprint density at radius 3 is 2.50 bits per heavy atom. The van der Waals surface area contributed by atoms with Crippen molar-refractivity contribution in [3.05, 3.63) is 0 Å². The Labute approximate surface area is 37.8 Å². The Balaban J connectivity index is 3.56. The molecule has 0 aromatic heterocycles. The highest BCUT2D eigenvalue weighted by Gasteiger charge is 2.07. The van der Waals surface area contributed by atoms with Gasteiger partial charge in [0.05, 0.1) is 2.74 Å². The molecule has 0 amide bonds. The van der Waals surface area contributed by atoms with E-state index in [4.69, 9.17) is 12.5 Å². The van der Waals surface area contributed by atoms with Gasteiger partial charge in [0.15, 0.2) is 0 Å². The monoisotopic (exact) mass is 114 g/mol. The lowest BCUT2D eigenvalue weighted by Crippen LogP contribution is -1.76. The average molecular weight is 114 g/mol. The van der Waals surface area contributed by atoms with Gasteiger partial charge in [0.2, 0.25) is 0 Å². The summed E-state index contributed by atoms with van der Waals surface area (Å²) in [4.78, 5) is 15.7. The van der Waals surface area contributed by atoms with Gasteiger partial charge >= 0.3 is 7.82 Å². The molecule has 0 aliphatic rings. The molecule has 0 bridgehead atoms. The van der Waals surface area contributed by atoms with Gasteiger partial charge in [-0.2, -0.15) is 0 Å². The minimum Gasteiger partial charge on any atom is -0.303 e. The number of phosphoric ester groups is 1. The number of phosphoric acid groups is 1. The first-order chi connectivity index (χ1) is 3.42. The molecule has 0 aliphatic carbocycles. The summed E-state index contributed by atoms with van der Waals surface area (Å²) in [6.07, 6.45) is 0. The van der Waals surface area contributed by atoms with Crippen LogP contribution in [0.5, 0.6) is 0 Å². The van der Waals surface area contributed by atoms with Gasteiger partial charge in [-0.1, -0.05) is 0 Å². The molecule has 0 radical (unpaired) electrons. The van der Waals surface area contributed by atoms with Crippen LogP contribution in [-0.2, 0) is 9.09 Å². The topological polar surface area (TPSA) is 66.8 Å². The summed E-state index contributed by atoms with van der Waals surface area (Å²) in [5.74, 6) is 0. The molecule has 5 heteroatoms. The smallest absolute Gasteiger partial charge is 0.303 e. The molecule has 6 heavy (non-hydrogen) atoms. The van der Waals surface area contributed by atoms with E-state index in [1.54, 1.807) is 0 Å². The van der Waals surface area contributed by atoms with Gasteiger partial charge in [-0.25, -0.2) is 4.57 Å². The number of rotatable bonds is 1. The average Bonchev–Trinajstić information content (AvgIpc) is 1.21. The molecule has 0 rings (SSSR count). The first kappa shape index (κ1) is 3.16. The van der Waals surface area contributed by atoms with Crippen molar-refractivity contribution in [1.82, 2.24) is 0 Å². The second kappa shape index (κ2) is 1.71. The van der Waals surface area contributed by atoms with Crippen LogP contribution in [0.3, 0.4) is 0 Å². The molecule has 0 aromatic rings. The molecular weight excluding hydrogens is 107 g/mol. The molecule has 0 fully saturated rings. The first-order valence-electron chi connectivity index (χ1n) is 2.16. The maximum absolute atomic E-state index is 9.67. The fourth-order valence-electron chi connectivity index (χ4n) is 0. The lowest BCUT2D eigenvalue weighted by Gasteiger charge is -1.93. The zero-order valence-electron chi connectivity index (χ0n) is 4.74. The Morgan fingerprint density at radius 2 is 2.50 bits per heavy atom. The van der Waals surface area contributed by atoms with Crippen molar-refractivity contribution in [2.24, 2.45) is 0 Å². The van der Waals surface area contributed by atoms with Gasteiger partial charge in [-0.3, -0.25) is 4.52 Å². The standard InChI is InChI=1S/CH5O4P/c1-5-6(2,3)4/h1H3,(H2,2,3,4)/i1D2. The van der Waals surface area contributed by atoms with Crippen LogP contribution < -0.4 is 0 Å². The maximum atomic E-state index is 9.67. The van der Waals surface area contributed by atoms with E-state index in [0.717, 1.165) is 0 Å². The zero-order chi connectivity index (χ0) is 6.78. The van der Waals surface area contributed by atoms with Crippen molar-refractivity contribution in [3.8, 4) is 0 Å². The van der Waals surface area contributed by atoms with E-state index in [0.29, 0.717) is 0 Å². The van der Waals surface area contributed by atoms with Crippen molar-refractivity contribution in [2.45, 2.75) is 0 Å². The van der Waals surface area contributed by atoms with Gasteiger partial charge in [0, 0.05) is 7.06 Å². The molecule has 38 valence electrons. The summed E-state index contributed by atoms with van der Waals surface area (Å²) in [6.45, 7) is 0. The van der Waals surface area contributed by atoms with Crippen molar-refractivity contribution >= 4 is 7.82 Å². The Morgan fingerprint density at radius 1 is 2.00 bits per heavy atom. The molecule has 0 aliphatic heterocycles. The fraction of sp³-hybridized carbons (Fsp3) is 1.00. The summed E-state index contributed by atoms with van der Waals surface area (Å²) < 4.78 is 25.5. The first-order valence-corrected chi connectivity index (χ1v) is 2.53. The van der Waals surface area contributed by atoms with Crippen molar-refractivity contribution in [2.75, 3.05) is 7.06 Å². The summed E-state index contributed by atoms with van der Waals surface area (Å²) >= 11 is 0. The van der Waals surface area contributed by atoms with E-state index in [1.807, 2.05) is 0 Å². The summed E-state index contributed by atoms with van der Waals surface area (Å²) in [6, 6.07) is 0. The third-order valence-electron chi connectivity index (χ3n) is 0.137. The fourth-order valence-corrected chi connectivity index (χ4v) is 0. The van der Waals surface area contributed by atoms with Crippen LogP contribution in [0.15, 0.2) is 0 Å². The normalized spacial score (nSPS) is 17.2. The van der Waals surface area contributed by atoms with Crippen LogP contribution >= 0.6 is 7.82 Å². The minimum absolute atomic E-state index is 1.92. The summed E-state index contributed by atoms with van der Waals surface area (Å²) in [7, 11) is -6.52. The lowest BCUT2D eigenvalue weighted by atomic mass is 11.8. The van der Waals surface area contributed by atoms with Gasteiger partial charge < -0.3 is 9.79 Å². The molecule has 0 saturated heterocycles. The van der Waals surface area contributed by atoms with E-state index in [-0.39, 0.29) is 0 Å². The van der Waals surface area contributed by atoms with E-state index in [1.165, 1.54) is 0 Å². The lowest BCUT2D eigenvalue weighted by molar-refractivity contribution is 0.235. The van der Waals surface area contributed by atoms with Crippen LogP contribution in [0.4, 0.5) is 0 Å². The molecule has 4 nitrogen and oxygen atoms in total. The molecular formula is CH5O4P. The molecule has 2 N–H and O–H groups in total. The minimum atomic E-state index is -4.60. The molecule has 0 heterocycles. The number of hydrogen-bond acceptors (Lipinski definition) is 2. The second-order valence-electron chi connectivity index (χ2n) is 0.596. The Kier molecular flexibility index (Phi) is 0.898. The predicted octanol–water partition coefficient (Wildman–Crippen LogP) is -0.275. The highest BCUT2D eigenvalue weighted by molar-refractivity contribution is 7.46. The maximum Gasteiger partial charge on any atom is 0.469 e. The van der Waals surface area contributed by atoms with Crippen LogP contribution in [-0.4, -0.2) is 16.8 Å². The van der Waals surface area contributed by atoms with E-state index in [2.05, 4.69) is 4.52 Å².